The van der Waals surface area contributed by atoms with Crippen molar-refractivity contribution in [3.8, 4) is 11.5 Å². The Kier molecular flexibility index (Phi) is 17.3. The number of unbranched alkanes of at least 4 members (excludes halogenated alkanes) is 11. The van der Waals surface area contributed by atoms with Gasteiger partial charge in [-0.1, -0.05) is 107 Å². The molecular weight excluding hydrogens is 584 g/mol. The van der Waals surface area contributed by atoms with Crippen molar-refractivity contribution in [1.82, 2.24) is 0 Å². The summed E-state index contributed by atoms with van der Waals surface area (Å²) >= 11 is 1.67. The van der Waals surface area contributed by atoms with E-state index >= 15 is 0 Å². The zero-order valence-corrected chi connectivity index (χ0v) is 26.7. The molecule has 0 aliphatic rings. The third-order valence-electron chi connectivity index (χ3n) is 6.97. The normalized spacial score (nSPS) is 10.7. The first-order chi connectivity index (χ1) is 19.2. The molecule has 1 N–H and O–H groups in total. The van der Waals surface area contributed by atoms with E-state index in [1.807, 2.05) is 48.5 Å². The monoisotopic (exact) mass is 630 g/mol. The number of carbonyl (C=O) groups is 1. The van der Waals surface area contributed by atoms with Crippen LogP contribution in [0.2, 0.25) is 0 Å². The summed E-state index contributed by atoms with van der Waals surface area (Å²) in [5, 5.41) is 5.11. The smallest absolute Gasteiger partial charge is 0.262 e. The lowest BCUT2D eigenvalue weighted by atomic mass is 10.1. The first-order valence-electron chi connectivity index (χ1n) is 14.8. The molecule has 1 amide bonds. The second kappa shape index (κ2) is 20.5. The number of aryl methyl sites for hydroxylation is 1. The van der Waals surface area contributed by atoms with Crippen molar-refractivity contribution >= 4 is 22.9 Å². The summed E-state index contributed by atoms with van der Waals surface area (Å²) in [5.41, 5.74) is 5.16. The van der Waals surface area contributed by atoms with Crippen LogP contribution in [0.4, 0.5) is 5.69 Å². The molecule has 0 saturated heterocycles. The zero-order valence-electron chi connectivity index (χ0n) is 24.3. The van der Waals surface area contributed by atoms with Gasteiger partial charge < -0.3 is 31.8 Å². The number of hydrogen-bond acceptors (Lipinski definition) is 4. The van der Waals surface area contributed by atoms with Crippen LogP contribution in [0.25, 0.3) is 0 Å². The van der Waals surface area contributed by atoms with Crippen LogP contribution >= 0.6 is 11.3 Å². The molecule has 7 heteroatoms. The number of carbonyl (C=O) groups excluding carboxylic acids is 1. The van der Waals surface area contributed by atoms with Gasteiger partial charge in [0.15, 0.2) is 18.8 Å². The summed E-state index contributed by atoms with van der Waals surface area (Å²) in [6, 6.07) is 15.4. The number of ether oxygens (including phenoxy) is 2. The van der Waals surface area contributed by atoms with Gasteiger partial charge in [-0.05, 0) is 36.8 Å². The molecular formula is C33H47BrN2O3S. The van der Waals surface area contributed by atoms with Crippen LogP contribution in [-0.4, -0.2) is 19.1 Å². The fourth-order valence-electron chi connectivity index (χ4n) is 4.58. The van der Waals surface area contributed by atoms with Gasteiger partial charge in [-0.3, -0.25) is 4.79 Å². The van der Waals surface area contributed by atoms with E-state index in [0.29, 0.717) is 12.3 Å². The number of thiazole rings is 1. The summed E-state index contributed by atoms with van der Waals surface area (Å²) in [5.74, 6) is 1.31. The Morgan fingerprint density at radius 1 is 0.800 bits per heavy atom. The third kappa shape index (κ3) is 13.3. The van der Waals surface area contributed by atoms with Gasteiger partial charge in [-0.15, -0.1) is 0 Å². The van der Waals surface area contributed by atoms with E-state index in [0.717, 1.165) is 30.0 Å². The van der Waals surface area contributed by atoms with Gasteiger partial charge in [0.1, 0.15) is 11.5 Å². The van der Waals surface area contributed by atoms with Gasteiger partial charge in [-0.25, -0.2) is 0 Å². The highest BCUT2D eigenvalue weighted by molar-refractivity contribution is 7.07. The molecule has 0 fully saturated rings. The van der Waals surface area contributed by atoms with Crippen molar-refractivity contribution in [2.45, 2.75) is 97.4 Å². The summed E-state index contributed by atoms with van der Waals surface area (Å²) in [6.45, 7) is 5.77. The number of rotatable bonds is 20. The van der Waals surface area contributed by atoms with Gasteiger partial charge >= 0.3 is 0 Å². The number of para-hydroxylation sites is 1. The Labute approximate surface area is 256 Å². The molecule has 220 valence electrons. The SMILES string of the molecule is CCCCCCCCCCCCCCOc1ccc(OCC(=O)Nc2ccccc2C[n+]2cscc2C)cc1.[Br-]. The van der Waals surface area contributed by atoms with Crippen molar-refractivity contribution < 1.29 is 35.8 Å². The Morgan fingerprint density at radius 3 is 1.98 bits per heavy atom. The minimum absolute atomic E-state index is 0. The molecule has 5 nitrogen and oxygen atoms in total. The molecule has 2 aromatic carbocycles. The van der Waals surface area contributed by atoms with Crippen LogP contribution in [0.15, 0.2) is 59.4 Å². The lowest BCUT2D eigenvalue weighted by Gasteiger charge is -2.11. The second-order valence-electron chi connectivity index (χ2n) is 10.3. The summed E-state index contributed by atoms with van der Waals surface area (Å²) in [7, 11) is 0. The van der Waals surface area contributed by atoms with Crippen molar-refractivity contribution in [2.75, 3.05) is 18.5 Å². The van der Waals surface area contributed by atoms with Crippen LogP contribution < -0.4 is 36.3 Å². The third-order valence-corrected chi connectivity index (χ3v) is 7.83. The summed E-state index contributed by atoms with van der Waals surface area (Å²) in [6.07, 6.45) is 16.1. The van der Waals surface area contributed by atoms with Gasteiger partial charge in [0, 0.05) is 12.5 Å². The van der Waals surface area contributed by atoms with Gasteiger partial charge in [-0.2, -0.15) is 4.57 Å². The number of amides is 1. The zero-order chi connectivity index (χ0) is 27.5. The quantitative estimate of drug-likeness (QED) is 0.133. The number of nitrogens with one attached hydrogen (secondary N) is 1. The topological polar surface area (TPSA) is 51.4 Å². The minimum Gasteiger partial charge on any atom is -1.00 e. The molecule has 0 unspecified atom stereocenters. The number of nitrogens with zero attached hydrogens (tertiary/aromatic N) is 1. The molecule has 0 saturated carbocycles. The highest BCUT2D eigenvalue weighted by Crippen LogP contribution is 2.19. The molecule has 3 aromatic rings. The Hall–Kier alpha value is -2.38. The Morgan fingerprint density at radius 2 is 1.38 bits per heavy atom. The molecule has 0 atom stereocenters. The van der Waals surface area contributed by atoms with E-state index in [9.17, 15) is 4.79 Å². The van der Waals surface area contributed by atoms with Gasteiger partial charge in [0.25, 0.3) is 5.91 Å². The molecule has 0 aliphatic carbocycles. The van der Waals surface area contributed by atoms with Gasteiger partial charge in [0.05, 0.1) is 17.7 Å². The molecule has 1 heterocycles. The standard InChI is InChI=1S/C33H46N2O3S.BrH/c1-3-4-5-6-7-8-9-10-11-12-13-16-23-37-30-19-21-31(22-20-30)38-25-33(36)34-32-18-15-14-17-29(32)24-35-27-39-26-28(35)2;/h14-15,17-22,26-27H,3-13,16,23-25H2,1-2H3;1H. The lowest BCUT2D eigenvalue weighted by Crippen LogP contribution is -3.00. The summed E-state index contributed by atoms with van der Waals surface area (Å²) in [4.78, 5) is 12.6. The van der Waals surface area contributed by atoms with Crippen LogP contribution in [0, 0.1) is 6.92 Å². The average molecular weight is 632 g/mol. The van der Waals surface area contributed by atoms with E-state index in [2.05, 4.69) is 34.6 Å². The van der Waals surface area contributed by atoms with Crippen LogP contribution in [0.3, 0.4) is 0 Å². The predicted molar refractivity (Wildman–Crippen MR) is 162 cm³/mol. The number of benzene rings is 2. The summed E-state index contributed by atoms with van der Waals surface area (Å²) < 4.78 is 13.8. The van der Waals surface area contributed by atoms with E-state index in [-0.39, 0.29) is 29.5 Å². The second-order valence-corrected chi connectivity index (χ2v) is 11.1. The largest absolute Gasteiger partial charge is 1.00 e. The average Bonchev–Trinajstić information content (AvgIpc) is 3.35. The number of anilines is 1. The maximum absolute atomic E-state index is 12.6. The van der Waals surface area contributed by atoms with E-state index < -0.39 is 0 Å². The van der Waals surface area contributed by atoms with Crippen molar-refractivity contribution in [1.29, 1.82) is 0 Å². The molecule has 0 radical (unpaired) electrons. The Balaban J connectivity index is 0.00000560. The highest BCUT2D eigenvalue weighted by atomic mass is 79.9. The Bertz CT molecular complexity index is 1090. The fourth-order valence-corrected chi connectivity index (χ4v) is 5.36. The molecule has 0 bridgehead atoms. The maximum atomic E-state index is 12.6. The number of hydrogen-bond donors (Lipinski definition) is 1. The first kappa shape index (κ1) is 33.8. The minimum atomic E-state index is -0.179. The van der Waals surface area contributed by atoms with E-state index in [4.69, 9.17) is 9.47 Å². The van der Waals surface area contributed by atoms with Crippen molar-refractivity contribution in [3.05, 3.63) is 70.7 Å². The molecule has 0 aliphatic heterocycles. The maximum Gasteiger partial charge on any atom is 0.262 e. The van der Waals surface area contributed by atoms with Gasteiger partial charge in [0.2, 0.25) is 5.51 Å². The van der Waals surface area contributed by atoms with Crippen LogP contribution in [-0.2, 0) is 11.3 Å². The van der Waals surface area contributed by atoms with Crippen molar-refractivity contribution in [2.24, 2.45) is 0 Å². The molecule has 3 rings (SSSR count). The highest BCUT2D eigenvalue weighted by Gasteiger charge is 2.13. The van der Waals surface area contributed by atoms with E-state index in [1.165, 1.54) is 76.3 Å². The number of aromatic nitrogens is 1. The lowest BCUT2D eigenvalue weighted by molar-refractivity contribution is -0.689. The van der Waals surface area contributed by atoms with E-state index in [1.54, 1.807) is 11.3 Å². The molecule has 1 aromatic heterocycles. The van der Waals surface area contributed by atoms with Crippen LogP contribution in [0.5, 0.6) is 11.5 Å². The molecule has 0 spiro atoms. The van der Waals surface area contributed by atoms with Crippen molar-refractivity contribution in [3.63, 3.8) is 0 Å². The number of halogens is 1. The first-order valence-corrected chi connectivity index (χ1v) is 15.8. The predicted octanol–water partition coefficient (Wildman–Crippen LogP) is 5.49. The molecule has 40 heavy (non-hydrogen) atoms. The van der Waals surface area contributed by atoms with Crippen LogP contribution in [0.1, 0.15) is 95.2 Å². The fraction of sp³-hybridized carbons (Fsp3) is 0.515.